The van der Waals surface area contributed by atoms with Crippen LogP contribution in [0.15, 0.2) is 18.2 Å². The Hall–Kier alpha value is -1.42. The molecule has 106 valence electrons. The van der Waals surface area contributed by atoms with Crippen LogP contribution >= 0.6 is 0 Å². The standard InChI is InChI=1S/C15H24N2O2/c1-4-16-12-5-7-17(8-6-12)13-9-14(18-2)11-15(10-13)19-3/h9-12,16H,4-8H2,1-3H3. The van der Waals surface area contributed by atoms with Crippen LogP contribution in [-0.4, -0.2) is 39.9 Å². The molecule has 1 N–H and O–H groups in total. The number of nitrogens with one attached hydrogen (secondary N) is 1. The topological polar surface area (TPSA) is 33.7 Å². The smallest absolute Gasteiger partial charge is 0.124 e. The summed E-state index contributed by atoms with van der Waals surface area (Å²) in [4.78, 5) is 2.40. The second-order valence-electron chi connectivity index (χ2n) is 4.89. The van der Waals surface area contributed by atoms with Crippen molar-refractivity contribution in [2.75, 3.05) is 38.8 Å². The van der Waals surface area contributed by atoms with Gasteiger partial charge in [-0.05, 0) is 19.4 Å². The minimum atomic E-state index is 0.661. The number of methoxy groups -OCH3 is 2. The largest absolute Gasteiger partial charge is 0.497 e. The molecule has 1 aliphatic rings. The normalized spacial score (nSPS) is 16.5. The molecule has 0 bridgehead atoms. The molecule has 0 aliphatic carbocycles. The van der Waals surface area contributed by atoms with Crippen LogP contribution in [0.2, 0.25) is 0 Å². The first-order valence-electron chi connectivity index (χ1n) is 6.98. The maximum atomic E-state index is 5.33. The van der Waals surface area contributed by atoms with Crippen molar-refractivity contribution in [3.05, 3.63) is 18.2 Å². The van der Waals surface area contributed by atoms with E-state index in [2.05, 4.69) is 29.3 Å². The zero-order valence-corrected chi connectivity index (χ0v) is 12.1. The molecule has 0 unspecified atom stereocenters. The molecule has 1 aromatic carbocycles. The van der Waals surface area contributed by atoms with Gasteiger partial charge in [-0.2, -0.15) is 0 Å². The highest BCUT2D eigenvalue weighted by Crippen LogP contribution is 2.30. The van der Waals surface area contributed by atoms with Gasteiger partial charge in [0.05, 0.1) is 14.2 Å². The Labute approximate surface area is 115 Å². The molecule has 4 heteroatoms. The lowest BCUT2D eigenvalue weighted by Crippen LogP contribution is -2.42. The lowest BCUT2D eigenvalue weighted by Gasteiger charge is -2.34. The van der Waals surface area contributed by atoms with Gasteiger partial charge in [-0.1, -0.05) is 6.92 Å². The van der Waals surface area contributed by atoms with E-state index < -0.39 is 0 Å². The summed E-state index contributed by atoms with van der Waals surface area (Å²) in [5.74, 6) is 1.70. The van der Waals surface area contributed by atoms with E-state index in [0.29, 0.717) is 6.04 Å². The first kappa shape index (κ1) is 14.0. The summed E-state index contributed by atoms with van der Waals surface area (Å²) in [6.45, 7) is 5.37. The number of hydrogen-bond donors (Lipinski definition) is 1. The molecule has 1 aromatic rings. The highest BCUT2D eigenvalue weighted by molar-refractivity contribution is 5.56. The van der Waals surface area contributed by atoms with E-state index in [1.165, 1.54) is 18.5 Å². The molecule has 0 amide bonds. The molecular weight excluding hydrogens is 240 g/mol. The summed E-state index contributed by atoms with van der Waals surface area (Å²) in [7, 11) is 3.38. The van der Waals surface area contributed by atoms with Gasteiger partial charge in [0.15, 0.2) is 0 Å². The van der Waals surface area contributed by atoms with Gasteiger partial charge >= 0.3 is 0 Å². The monoisotopic (exact) mass is 264 g/mol. The number of nitrogens with zero attached hydrogens (tertiary/aromatic N) is 1. The van der Waals surface area contributed by atoms with Crippen LogP contribution in [0, 0.1) is 0 Å². The van der Waals surface area contributed by atoms with E-state index in [-0.39, 0.29) is 0 Å². The SMILES string of the molecule is CCNC1CCN(c2cc(OC)cc(OC)c2)CC1. The van der Waals surface area contributed by atoms with Crippen molar-refractivity contribution in [1.82, 2.24) is 5.32 Å². The van der Waals surface area contributed by atoms with Gasteiger partial charge in [0, 0.05) is 43.0 Å². The average Bonchev–Trinajstić information content (AvgIpc) is 2.47. The van der Waals surface area contributed by atoms with Crippen molar-refractivity contribution >= 4 is 5.69 Å². The maximum Gasteiger partial charge on any atom is 0.124 e. The molecule has 1 saturated heterocycles. The Morgan fingerprint density at radius 3 is 2.16 bits per heavy atom. The van der Waals surface area contributed by atoms with Crippen molar-refractivity contribution in [3.8, 4) is 11.5 Å². The predicted octanol–water partition coefficient (Wildman–Crippen LogP) is 2.28. The predicted molar refractivity (Wildman–Crippen MR) is 78.5 cm³/mol. The van der Waals surface area contributed by atoms with Gasteiger partial charge in [-0.3, -0.25) is 0 Å². The molecular formula is C15H24N2O2. The molecule has 1 aliphatic heterocycles. The van der Waals surface area contributed by atoms with Crippen molar-refractivity contribution in [1.29, 1.82) is 0 Å². The van der Waals surface area contributed by atoms with Crippen molar-refractivity contribution < 1.29 is 9.47 Å². The first-order chi connectivity index (χ1) is 9.26. The molecule has 19 heavy (non-hydrogen) atoms. The van der Waals surface area contributed by atoms with Crippen LogP contribution in [0.1, 0.15) is 19.8 Å². The number of rotatable bonds is 5. The maximum absolute atomic E-state index is 5.33. The van der Waals surface area contributed by atoms with Gasteiger partial charge in [-0.15, -0.1) is 0 Å². The van der Waals surface area contributed by atoms with Crippen LogP contribution in [0.5, 0.6) is 11.5 Å². The molecule has 0 saturated carbocycles. The minimum Gasteiger partial charge on any atom is -0.497 e. The Bertz CT molecular complexity index is 379. The summed E-state index contributed by atoms with van der Waals surface area (Å²) in [5, 5.41) is 3.53. The molecule has 2 rings (SSSR count). The van der Waals surface area contributed by atoms with Crippen LogP contribution in [0.25, 0.3) is 0 Å². The molecule has 0 spiro atoms. The molecule has 0 aromatic heterocycles. The molecule has 1 heterocycles. The molecule has 0 radical (unpaired) electrons. The summed E-state index contributed by atoms with van der Waals surface area (Å²) >= 11 is 0. The van der Waals surface area contributed by atoms with Crippen LogP contribution in [0.4, 0.5) is 5.69 Å². The lowest BCUT2D eigenvalue weighted by molar-refractivity contribution is 0.392. The van der Waals surface area contributed by atoms with Gasteiger partial charge in [0.2, 0.25) is 0 Å². The number of hydrogen-bond acceptors (Lipinski definition) is 4. The lowest BCUT2D eigenvalue weighted by atomic mass is 10.0. The zero-order chi connectivity index (χ0) is 13.7. The van der Waals surface area contributed by atoms with Gasteiger partial charge < -0.3 is 19.7 Å². The van der Waals surface area contributed by atoms with Gasteiger partial charge in [0.1, 0.15) is 11.5 Å². The highest BCUT2D eigenvalue weighted by atomic mass is 16.5. The summed E-state index contributed by atoms with van der Waals surface area (Å²) in [5.41, 5.74) is 1.19. The minimum absolute atomic E-state index is 0.661. The fraction of sp³-hybridized carbons (Fsp3) is 0.600. The number of ether oxygens (including phenoxy) is 2. The molecule has 4 nitrogen and oxygen atoms in total. The van der Waals surface area contributed by atoms with Crippen molar-refractivity contribution in [2.24, 2.45) is 0 Å². The Balaban J connectivity index is 2.06. The summed E-state index contributed by atoms with van der Waals surface area (Å²) in [6, 6.07) is 6.73. The van der Waals surface area contributed by atoms with Crippen LogP contribution < -0.4 is 19.7 Å². The fourth-order valence-corrected chi connectivity index (χ4v) is 2.61. The fourth-order valence-electron chi connectivity index (χ4n) is 2.61. The van der Waals surface area contributed by atoms with Crippen molar-refractivity contribution in [2.45, 2.75) is 25.8 Å². The van der Waals surface area contributed by atoms with E-state index in [4.69, 9.17) is 9.47 Å². The van der Waals surface area contributed by atoms with E-state index >= 15 is 0 Å². The third-order valence-electron chi connectivity index (χ3n) is 3.69. The number of benzene rings is 1. The van der Waals surface area contributed by atoms with E-state index in [1.54, 1.807) is 14.2 Å². The number of piperidine rings is 1. The summed E-state index contributed by atoms with van der Waals surface area (Å²) in [6.07, 6.45) is 2.38. The Morgan fingerprint density at radius 2 is 1.68 bits per heavy atom. The Morgan fingerprint density at radius 1 is 1.11 bits per heavy atom. The second kappa shape index (κ2) is 6.66. The average molecular weight is 264 g/mol. The van der Waals surface area contributed by atoms with E-state index in [9.17, 15) is 0 Å². The van der Waals surface area contributed by atoms with Crippen LogP contribution in [-0.2, 0) is 0 Å². The Kier molecular flexibility index (Phi) is 4.91. The van der Waals surface area contributed by atoms with Crippen LogP contribution in [0.3, 0.4) is 0 Å². The van der Waals surface area contributed by atoms with E-state index in [1.807, 2.05) is 6.07 Å². The second-order valence-corrected chi connectivity index (χ2v) is 4.89. The quantitative estimate of drug-likeness (QED) is 0.884. The number of anilines is 1. The third-order valence-corrected chi connectivity index (χ3v) is 3.69. The molecule has 0 atom stereocenters. The van der Waals surface area contributed by atoms with Gasteiger partial charge in [-0.25, -0.2) is 0 Å². The van der Waals surface area contributed by atoms with Gasteiger partial charge in [0.25, 0.3) is 0 Å². The van der Waals surface area contributed by atoms with Crippen molar-refractivity contribution in [3.63, 3.8) is 0 Å². The molecule has 1 fully saturated rings. The van der Waals surface area contributed by atoms with E-state index in [0.717, 1.165) is 31.1 Å². The third kappa shape index (κ3) is 3.53. The zero-order valence-electron chi connectivity index (χ0n) is 12.1. The first-order valence-corrected chi connectivity index (χ1v) is 6.98. The summed E-state index contributed by atoms with van der Waals surface area (Å²) < 4.78 is 10.7. The highest BCUT2D eigenvalue weighted by Gasteiger charge is 2.19.